The molecular weight excluding hydrogens is 170 g/mol. The van der Waals surface area contributed by atoms with Crippen LogP contribution in [0.4, 0.5) is 5.82 Å². The average Bonchev–Trinajstić information content (AvgIpc) is 2.24. The van der Waals surface area contributed by atoms with Gasteiger partial charge in [-0.15, -0.1) is 0 Å². The van der Waals surface area contributed by atoms with Crippen LogP contribution in [-0.4, -0.2) is 15.5 Å². The summed E-state index contributed by atoms with van der Waals surface area (Å²) >= 11 is 0. The molecule has 0 saturated carbocycles. The van der Waals surface area contributed by atoms with E-state index in [0.717, 1.165) is 11.5 Å². The molecule has 72 valence electrons. The molecular formula is C8H13N3O2. The van der Waals surface area contributed by atoms with Gasteiger partial charge in [0.2, 0.25) is 0 Å². The van der Waals surface area contributed by atoms with Crippen molar-refractivity contribution in [2.24, 2.45) is 7.05 Å². The molecule has 0 radical (unpaired) electrons. The molecule has 1 rings (SSSR count). The van der Waals surface area contributed by atoms with Gasteiger partial charge in [0.15, 0.2) is 0 Å². The van der Waals surface area contributed by atoms with Crippen molar-refractivity contribution < 1.29 is 9.53 Å². The molecule has 0 saturated heterocycles. The van der Waals surface area contributed by atoms with Crippen LogP contribution >= 0.6 is 0 Å². The molecule has 0 aliphatic rings. The van der Waals surface area contributed by atoms with Crippen molar-refractivity contribution >= 4 is 11.8 Å². The molecule has 1 aromatic heterocycles. The van der Waals surface area contributed by atoms with Crippen LogP contribution in [0.3, 0.4) is 0 Å². The number of carbonyl (C=O) groups is 1. The van der Waals surface area contributed by atoms with Gasteiger partial charge in [-0.1, -0.05) is 0 Å². The summed E-state index contributed by atoms with van der Waals surface area (Å²) in [4.78, 5) is 14.6. The van der Waals surface area contributed by atoms with E-state index in [0.29, 0.717) is 5.82 Å². The van der Waals surface area contributed by atoms with Gasteiger partial charge in [-0.3, -0.25) is 4.79 Å². The van der Waals surface area contributed by atoms with Crippen molar-refractivity contribution in [2.45, 2.75) is 20.5 Å². The summed E-state index contributed by atoms with van der Waals surface area (Å²) in [6, 6.07) is 0. The highest BCUT2D eigenvalue weighted by Crippen LogP contribution is 2.12. The van der Waals surface area contributed by atoms with E-state index < -0.39 is 0 Å². The van der Waals surface area contributed by atoms with Crippen LogP contribution < -0.4 is 5.73 Å². The van der Waals surface area contributed by atoms with E-state index in [1.54, 1.807) is 4.57 Å². The number of anilines is 1. The number of imidazole rings is 1. The second-order valence-electron chi connectivity index (χ2n) is 2.83. The first-order valence-electron chi connectivity index (χ1n) is 3.93. The summed E-state index contributed by atoms with van der Waals surface area (Å²) in [6.45, 7) is 3.38. The van der Waals surface area contributed by atoms with Gasteiger partial charge in [0.25, 0.3) is 0 Å². The Kier molecular flexibility index (Phi) is 2.55. The number of nitrogen functional groups attached to an aromatic ring is 1. The predicted octanol–water partition coefficient (Wildman–Crippen LogP) is 0.374. The van der Waals surface area contributed by atoms with Crippen LogP contribution in [-0.2, 0) is 23.2 Å². The van der Waals surface area contributed by atoms with Crippen LogP contribution in [0.15, 0.2) is 0 Å². The number of nitrogens with zero attached hydrogens (tertiary/aromatic N) is 2. The second-order valence-corrected chi connectivity index (χ2v) is 2.83. The average molecular weight is 183 g/mol. The van der Waals surface area contributed by atoms with Gasteiger partial charge in [0.05, 0.1) is 5.69 Å². The molecule has 2 N–H and O–H groups in total. The van der Waals surface area contributed by atoms with Crippen LogP contribution in [0.5, 0.6) is 0 Å². The summed E-state index contributed by atoms with van der Waals surface area (Å²) in [5.74, 6) is 0.902. The molecule has 0 fully saturated rings. The Hall–Kier alpha value is -1.52. The maximum Gasteiger partial charge on any atom is 0.303 e. The molecule has 1 heterocycles. The number of nitrogens with two attached hydrogens (primary N) is 1. The van der Waals surface area contributed by atoms with Crippen molar-refractivity contribution in [2.75, 3.05) is 5.73 Å². The fraction of sp³-hybridized carbons (Fsp3) is 0.500. The molecule has 0 atom stereocenters. The lowest BCUT2D eigenvalue weighted by molar-refractivity contribution is -0.142. The molecule has 13 heavy (non-hydrogen) atoms. The zero-order valence-corrected chi connectivity index (χ0v) is 8.00. The van der Waals surface area contributed by atoms with Crippen LogP contribution in [0.1, 0.15) is 18.4 Å². The van der Waals surface area contributed by atoms with Gasteiger partial charge in [0.1, 0.15) is 18.2 Å². The molecule has 0 aliphatic carbocycles. The third kappa shape index (κ3) is 1.99. The van der Waals surface area contributed by atoms with Gasteiger partial charge in [-0.25, -0.2) is 4.98 Å². The van der Waals surface area contributed by atoms with Crippen molar-refractivity contribution in [3.8, 4) is 0 Å². The summed E-state index contributed by atoms with van der Waals surface area (Å²) in [6.07, 6.45) is 0. The van der Waals surface area contributed by atoms with Crippen molar-refractivity contribution in [1.29, 1.82) is 0 Å². The van der Waals surface area contributed by atoms with Crippen LogP contribution in [0.25, 0.3) is 0 Å². The molecule has 0 unspecified atom stereocenters. The Labute approximate surface area is 76.5 Å². The van der Waals surface area contributed by atoms with E-state index in [-0.39, 0.29) is 12.6 Å². The summed E-state index contributed by atoms with van der Waals surface area (Å²) in [5.41, 5.74) is 6.33. The molecule has 0 aromatic carbocycles. The molecule has 0 amide bonds. The first kappa shape index (κ1) is 9.57. The highest BCUT2D eigenvalue weighted by atomic mass is 16.5. The minimum atomic E-state index is -0.321. The normalized spacial score (nSPS) is 10.1. The minimum Gasteiger partial charge on any atom is -0.459 e. The number of aryl methyl sites for hydroxylation is 1. The molecule has 5 nitrogen and oxygen atoms in total. The van der Waals surface area contributed by atoms with E-state index in [4.69, 9.17) is 10.5 Å². The number of carbonyl (C=O) groups excluding carboxylic acids is 1. The van der Waals surface area contributed by atoms with Gasteiger partial charge in [-0.05, 0) is 6.92 Å². The topological polar surface area (TPSA) is 70.1 Å². The van der Waals surface area contributed by atoms with Gasteiger partial charge >= 0.3 is 5.97 Å². The third-order valence-corrected chi connectivity index (χ3v) is 1.88. The highest BCUT2D eigenvalue weighted by Gasteiger charge is 2.09. The Bertz CT molecular complexity index is 330. The number of aromatic nitrogens is 2. The van der Waals surface area contributed by atoms with Gasteiger partial charge in [-0.2, -0.15) is 0 Å². The SMILES string of the molecule is CC(=O)OCc1c(N)nc(C)n1C. The van der Waals surface area contributed by atoms with Gasteiger partial charge < -0.3 is 15.0 Å². The third-order valence-electron chi connectivity index (χ3n) is 1.88. The summed E-state index contributed by atoms with van der Waals surface area (Å²) < 4.78 is 6.63. The zero-order valence-electron chi connectivity index (χ0n) is 8.00. The van der Waals surface area contributed by atoms with E-state index >= 15 is 0 Å². The molecule has 0 bridgehead atoms. The maximum absolute atomic E-state index is 10.6. The van der Waals surface area contributed by atoms with E-state index in [1.165, 1.54) is 6.92 Å². The van der Waals surface area contributed by atoms with E-state index in [9.17, 15) is 4.79 Å². The summed E-state index contributed by atoms with van der Waals surface area (Å²) in [7, 11) is 1.83. The Morgan fingerprint density at radius 1 is 1.69 bits per heavy atom. The lowest BCUT2D eigenvalue weighted by Crippen LogP contribution is -2.06. The monoisotopic (exact) mass is 183 g/mol. The number of rotatable bonds is 2. The summed E-state index contributed by atoms with van der Waals surface area (Å²) in [5, 5.41) is 0. The standard InChI is InChI=1S/C8H13N3O2/c1-5-10-8(9)7(11(5)3)4-13-6(2)12/h4,9H2,1-3H3. The maximum atomic E-state index is 10.6. The Morgan fingerprint density at radius 2 is 2.31 bits per heavy atom. The molecule has 0 spiro atoms. The molecule has 5 heteroatoms. The van der Waals surface area contributed by atoms with E-state index in [2.05, 4.69) is 4.98 Å². The Morgan fingerprint density at radius 3 is 2.69 bits per heavy atom. The molecule has 1 aromatic rings. The second kappa shape index (κ2) is 3.47. The van der Waals surface area contributed by atoms with E-state index in [1.807, 2.05) is 14.0 Å². The smallest absolute Gasteiger partial charge is 0.303 e. The first-order valence-corrected chi connectivity index (χ1v) is 3.93. The van der Waals surface area contributed by atoms with Crippen molar-refractivity contribution in [3.63, 3.8) is 0 Å². The fourth-order valence-corrected chi connectivity index (χ4v) is 1.02. The predicted molar refractivity (Wildman–Crippen MR) is 47.8 cm³/mol. The first-order chi connectivity index (χ1) is 6.02. The zero-order chi connectivity index (χ0) is 10.0. The fourth-order valence-electron chi connectivity index (χ4n) is 1.02. The lowest BCUT2D eigenvalue weighted by Gasteiger charge is -2.04. The Balaban J connectivity index is 2.81. The van der Waals surface area contributed by atoms with Crippen LogP contribution in [0, 0.1) is 6.92 Å². The quantitative estimate of drug-likeness (QED) is 0.672. The largest absolute Gasteiger partial charge is 0.459 e. The van der Waals surface area contributed by atoms with Gasteiger partial charge in [0, 0.05) is 14.0 Å². The number of esters is 1. The van der Waals surface area contributed by atoms with Crippen molar-refractivity contribution in [3.05, 3.63) is 11.5 Å². The molecule has 0 aliphatic heterocycles. The number of hydrogen-bond acceptors (Lipinski definition) is 4. The van der Waals surface area contributed by atoms with Crippen molar-refractivity contribution in [1.82, 2.24) is 9.55 Å². The number of ether oxygens (including phenoxy) is 1. The number of hydrogen-bond donors (Lipinski definition) is 1. The lowest BCUT2D eigenvalue weighted by atomic mass is 10.4. The van der Waals surface area contributed by atoms with Crippen LogP contribution in [0.2, 0.25) is 0 Å². The highest BCUT2D eigenvalue weighted by molar-refractivity contribution is 5.66. The minimum absolute atomic E-state index is 0.179.